The summed E-state index contributed by atoms with van der Waals surface area (Å²) in [5.74, 6) is 0.308. The van der Waals surface area contributed by atoms with Crippen LogP contribution in [-0.4, -0.2) is 47.7 Å². The van der Waals surface area contributed by atoms with Gasteiger partial charge in [-0.25, -0.2) is 8.42 Å². The van der Waals surface area contributed by atoms with Crippen LogP contribution in [0, 0.1) is 12.8 Å². The smallest absolute Gasteiger partial charge is 0.252 e. The molecule has 2 aromatic rings. The number of hydrogen-bond donors (Lipinski definition) is 1. The number of nitrogens with zero attached hydrogens (tertiary/aromatic N) is 3. The maximum atomic E-state index is 12.8. The highest BCUT2D eigenvalue weighted by Crippen LogP contribution is 2.29. The minimum atomic E-state index is -3.54. The molecule has 1 N–H and O–H groups in total. The molecule has 0 saturated carbocycles. The van der Waals surface area contributed by atoms with Crippen molar-refractivity contribution in [1.82, 2.24) is 14.5 Å². The first-order valence-corrected chi connectivity index (χ1v) is 12.3. The molecule has 1 atom stereocenters. The lowest BCUT2D eigenvalue weighted by Crippen LogP contribution is -2.43. The summed E-state index contributed by atoms with van der Waals surface area (Å²) >= 11 is 4.16. The quantitative estimate of drug-likeness (QED) is 0.557. The van der Waals surface area contributed by atoms with Crippen LogP contribution < -0.4 is 5.32 Å². The molecule has 0 aliphatic carbocycles. The average molecular weight is 433 g/mol. The van der Waals surface area contributed by atoms with Crippen LogP contribution in [0.25, 0.3) is 0 Å². The molecule has 142 valence electrons. The van der Waals surface area contributed by atoms with Crippen LogP contribution in [0.15, 0.2) is 20.7 Å². The zero-order valence-corrected chi connectivity index (χ0v) is 17.7. The summed E-state index contributed by atoms with van der Waals surface area (Å²) in [4.78, 5) is 13.5. The zero-order chi connectivity index (χ0) is 18.7. The Morgan fingerprint density at radius 2 is 2.19 bits per heavy atom. The summed E-state index contributed by atoms with van der Waals surface area (Å²) in [6, 6.07) is 3.43. The zero-order valence-electron chi connectivity index (χ0n) is 14.5. The number of thioether (sulfide) groups is 1. The molecular formula is C15H20N4O3S4. The van der Waals surface area contributed by atoms with Crippen LogP contribution >= 0.6 is 34.4 Å². The fraction of sp³-hybridized carbons (Fsp3) is 0.533. The lowest BCUT2D eigenvalue weighted by Gasteiger charge is -2.30. The van der Waals surface area contributed by atoms with E-state index in [1.807, 2.05) is 13.8 Å². The van der Waals surface area contributed by atoms with Crippen molar-refractivity contribution in [3.63, 3.8) is 0 Å². The maximum Gasteiger partial charge on any atom is 0.252 e. The van der Waals surface area contributed by atoms with Crippen molar-refractivity contribution in [3.8, 4) is 0 Å². The van der Waals surface area contributed by atoms with Crippen molar-refractivity contribution < 1.29 is 13.2 Å². The highest BCUT2D eigenvalue weighted by atomic mass is 32.2. The molecule has 26 heavy (non-hydrogen) atoms. The van der Waals surface area contributed by atoms with Gasteiger partial charge in [-0.15, -0.1) is 21.5 Å². The predicted octanol–water partition coefficient (Wildman–Crippen LogP) is 3.06. The van der Waals surface area contributed by atoms with E-state index in [4.69, 9.17) is 0 Å². The highest BCUT2D eigenvalue weighted by Gasteiger charge is 2.34. The van der Waals surface area contributed by atoms with Crippen molar-refractivity contribution in [3.05, 3.63) is 17.0 Å². The molecule has 11 heteroatoms. The first-order chi connectivity index (χ1) is 12.4. The van der Waals surface area contributed by atoms with Crippen molar-refractivity contribution in [2.45, 2.75) is 35.2 Å². The molecule has 3 rings (SSSR count). The van der Waals surface area contributed by atoms with Crippen LogP contribution in [0.3, 0.4) is 0 Å². The molecule has 0 spiro atoms. The third-order valence-electron chi connectivity index (χ3n) is 3.97. The van der Waals surface area contributed by atoms with Crippen molar-refractivity contribution in [2.24, 2.45) is 5.92 Å². The molecule has 2 aromatic heterocycles. The monoisotopic (exact) mass is 432 g/mol. The van der Waals surface area contributed by atoms with Gasteiger partial charge in [-0.2, -0.15) is 4.31 Å². The first kappa shape index (κ1) is 19.7. The van der Waals surface area contributed by atoms with Gasteiger partial charge in [0.1, 0.15) is 4.21 Å². The number of nitrogens with one attached hydrogen (secondary N) is 1. The van der Waals surface area contributed by atoms with Crippen molar-refractivity contribution in [2.75, 3.05) is 24.2 Å². The number of rotatable bonds is 6. The van der Waals surface area contributed by atoms with Crippen LogP contribution in [0.5, 0.6) is 0 Å². The van der Waals surface area contributed by atoms with Crippen LogP contribution in [0.1, 0.15) is 24.6 Å². The number of aryl methyl sites for hydroxylation is 1. The summed E-state index contributed by atoms with van der Waals surface area (Å²) in [7, 11) is -3.54. The summed E-state index contributed by atoms with van der Waals surface area (Å²) in [5, 5.41) is 11.2. The molecule has 1 aliphatic rings. The Kier molecular flexibility index (Phi) is 6.33. The van der Waals surface area contributed by atoms with Gasteiger partial charge in [0, 0.05) is 18.0 Å². The van der Waals surface area contributed by atoms with Gasteiger partial charge in [0.25, 0.3) is 10.0 Å². The van der Waals surface area contributed by atoms with Crippen LogP contribution in [-0.2, 0) is 14.8 Å². The minimum Gasteiger partial charge on any atom is -0.300 e. The number of sulfonamides is 1. The first-order valence-electron chi connectivity index (χ1n) is 8.24. The largest absolute Gasteiger partial charge is 0.300 e. The lowest BCUT2D eigenvalue weighted by atomic mass is 9.99. The van der Waals surface area contributed by atoms with E-state index in [0.717, 1.165) is 15.0 Å². The van der Waals surface area contributed by atoms with Gasteiger partial charge in [0.05, 0.1) is 5.92 Å². The maximum absolute atomic E-state index is 12.8. The minimum absolute atomic E-state index is 0.195. The molecule has 7 nitrogen and oxygen atoms in total. The van der Waals surface area contributed by atoms with Gasteiger partial charge in [0.2, 0.25) is 11.0 Å². The summed E-state index contributed by atoms with van der Waals surface area (Å²) in [6.07, 6.45) is 1.32. The molecule has 1 unspecified atom stereocenters. The van der Waals surface area contributed by atoms with Gasteiger partial charge in [-0.05, 0) is 37.7 Å². The van der Waals surface area contributed by atoms with E-state index in [-0.39, 0.29) is 18.4 Å². The van der Waals surface area contributed by atoms with Crippen LogP contribution in [0.2, 0.25) is 0 Å². The van der Waals surface area contributed by atoms with Crippen molar-refractivity contribution in [1.29, 1.82) is 0 Å². The Hall–Kier alpha value is -1.01. The van der Waals surface area contributed by atoms with E-state index in [2.05, 4.69) is 15.5 Å². The molecular weight excluding hydrogens is 412 g/mol. The SMILES string of the molecule is CCSc1nnc(NC(=O)C2CCCN(S(=O)(=O)c3ccc(C)s3)C2)s1. The normalized spacial score (nSPS) is 18.8. The fourth-order valence-corrected chi connectivity index (χ4v) is 7.32. The summed E-state index contributed by atoms with van der Waals surface area (Å²) in [5.41, 5.74) is 0. The number of carbonyl (C=O) groups excluding carboxylic acids is 1. The van der Waals surface area contributed by atoms with E-state index >= 15 is 0 Å². The number of carbonyl (C=O) groups is 1. The molecule has 0 bridgehead atoms. The molecule has 3 heterocycles. The standard InChI is InChI=1S/C15H20N4O3S4/c1-3-23-15-18-17-14(25-15)16-13(20)11-5-4-8-19(9-11)26(21,22)12-7-6-10(2)24-12/h6-7,11H,3-5,8-9H2,1-2H3,(H,16,17,20). The second-order valence-electron chi connectivity index (χ2n) is 5.86. The second kappa shape index (κ2) is 8.34. The molecule has 0 radical (unpaired) electrons. The third kappa shape index (κ3) is 4.45. The van der Waals surface area contributed by atoms with Gasteiger partial charge in [-0.1, -0.05) is 30.0 Å². The third-order valence-corrected chi connectivity index (χ3v) is 9.16. The topological polar surface area (TPSA) is 92.3 Å². The number of aromatic nitrogens is 2. The number of anilines is 1. The molecule has 1 aliphatic heterocycles. The van der Waals surface area contributed by atoms with Crippen molar-refractivity contribution >= 4 is 55.5 Å². The van der Waals surface area contributed by atoms with E-state index in [1.165, 1.54) is 27.0 Å². The highest BCUT2D eigenvalue weighted by molar-refractivity contribution is 8.01. The molecule has 1 fully saturated rings. The molecule has 0 aromatic carbocycles. The molecule has 1 amide bonds. The molecule has 1 saturated heterocycles. The van der Waals surface area contributed by atoms with Gasteiger partial charge in [0.15, 0.2) is 4.34 Å². The van der Waals surface area contributed by atoms with Gasteiger partial charge in [-0.3, -0.25) is 4.79 Å². The van der Waals surface area contributed by atoms with Gasteiger partial charge >= 0.3 is 0 Å². The van der Waals surface area contributed by atoms with E-state index < -0.39 is 10.0 Å². The number of hydrogen-bond acceptors (Lipinski definition) is 8. The number of thiophene rings is 1. The Bertz CT molecular complexity index is 877. The van der Waals surface area contributed by atoms with Crippen LogP contribution in [0.4, 0.5) is 5.13 Å². The Morgan fingerprint density at radius 3 is 2.88 bits per heavy atom. The van der Waals surface area contributed by atoms with E-state index in [9.17, 15) is 13.2 Å². The lowest BCUT2D eigenvalue weighted by molar-refractivity contribution is -0.120. The Balaban J connectivity index is 1.66. The van der Waals surface area contributed by atoms with E-state index in [1.54, 1.807) is 23.9 Å². The van der Waals surface area contributed by atoms with Gasteiger partial charge < -0.3 is 5.32 Å². The second-order valence-corrected chi connectivity index (χ2v) is 11.8. The summed E-state index contributed by atoms with van der Waals surface area (Å²) < 4.78 is 28.1. The number of amides is 1. The number of piperidine rings is 1. The fourth-order valence-electron chi connectivity index (χ4n) is 2.70. The summed E-state index contributed by atoms with van der Waals surface area (Å²) in [6.45, 7) is 4.54. The average Bonchev–Trinajstić information content (AvgIpc) is 3.25. The predicted molar refractivity (Wildman–Crippen MR) is 105 cm³/mol. The van der Waals surface area contributed by atoms with E-state index in [0.29, 0.717) is 28.7 Å². The Labute approximate surface area is 165 Å². The Morgan fingerprint density at radius 1 is 1.38 bits per heavy atom.